The fourth-order valence-electron chi connectivity index (χ4n) is 5.85. The van der Waals surface area contributed by atoms with Crippen molar-refractivity contribution in [3.8, 4) is 0 Å². The first-order valence-electron chi connectivity index (χ1n) is 18.6. The van der Waals surface area contributed by atoms with Crippen molar-refractivity contribution in [2.24, 2.45) is 0 Å². The molecule has 278 valence electrons. The van der Waals surface area contributed by atoms with Crippen molar-refractivity contribution in [1.82, 2.24) is 5.32 Å². The fraction of sp³-hybridized carbons (Fsp3) is 0.917. The Morgan fingerprint density at radius 2 is 1.26 bits per heavy atom. The van der Waals surface area contributed by atoms with Crippen LogP contribution in [0.4, 0.5) is 0 Å². The van der Waals surface area contributed by atoms with Crippen LogP contribution in [0.1, 0.15) is 142 Å². The van der Waals surface area contributed by atoms with Gasteiger partial charge in [-0.2, -0.15) is 0 Å². The van der Waals surface area contributed by atoms with Crippen LogP contribution in [-0.2, 0) is 14.3 Å². The van der Waals surface area contributed by atoms with Crippen LogP contribution in [0.25, 0.3) is 0 Å². The number of nitrogens with one attached hydrogen (secondary N) is 1. The van der Waals surface area contributed by atoms with Crippen LogP contribution < -0.4 is 5.32 Å². The predicted octanol–water partition coefficient (Wildman–Crippen LogP) is 3.77. The zero-order chi connectivity index (χ0) is 34.9. The summed E-state index contributed by atoms with van der Waals surface area (Å²) in [6.45, 7) is 3.31. The summed E-state index contributed by atoms with van der Waals surface area (Å²) in [5.41, 5.74) is 0. The number of aliphatic hydroxyl groups excluding tert-OH is 7. The van der Waals surface area contributed by atoms with Crippen molar-refractivity contribution in [3.63, 3.8) is 0 Å². The molecule has 11 heteroatoms. The number of allylic oxidation sites excluding steroid dienone is 2. The van der Waals surface area contributed by atoms with E-state index in [9.17, 15) is 40.5 Å². The van der Waals surface area contributed by atoms with Gasteiger partial charge in [0, 0.05) is 0 Å². The number of ether oxygens (including phenoxy) is 2. The highest BCUT2D eigenvalue weighted by Crippen LogP contribution is 2.23. The molecule has 0 aromatic carbocycles. The summed E-state index contributed by atoms with van der Waals surface area (Å²) in [5.74, 6) is -0.711. The molecule has 0 spiro atoms. The molecule has 0 aliphatic carbocycles. The molecule has 1 amide bonds. The quantitative estimate of drug-likeness (QED) is 0.0428. The topological polar surface area (TPSA) is 189 Å². The molecule has 1 heterocycles. The molecule has 1 rings (SSSR count). The number of amides is 1. The van der Waals surface area contributed by atoms with E-state index in [1.807, 2.05) is 0 Å². The predicted molar refractivity (Wildman–Crippen MR) is 182 cm³/mol. The number of carbonyl (C=O) groups excluding carboxylic acids is 1. The number of carbonyl (C=O) groups is 1. The maximum atomic E-state index is 12.9. The fourth-order valence-corrected chi connectivity index (χ4v) is 5.85. The average Bonchev–Trinajstić information content (AvgIpc) is 3.07. The summed E-state index contributed by atoms with van der Waals surface area (Å²) in [4.78, 5) is 12.9. The van der Waals surface area contributed by atoms with E-state index < -0.39 is 74.2 Å². The summed E-state index contributed by atoms with van der Waals surface area (Å²) in [6, 6.07) is -1.17. The third kappa shape index (κ3) is 19.0. The maximum Gasteiger partial charge on any atom is 0.249 e. The molecule has 0 saturated carbocycles. The monoisotopic (exact) mass is 675 g/mol. The van der Waals surface area contributed by atoms with E-state index in [0.29, 0.717) is 12.8 Å². The zero-order valence-corrected chi connectivity index (χ0v) is 29.3. The maximum absolute atomic E-state index is 12.9. The van der Waals surface area contributed by atoms with Gasteiger partial charge in [0.05, 0.1) is 25.4 Å². The summed E-state index contributed by atoms with van der Waals surface area (Å²) < 4.78 is 11.0. The Bertz CT molecular complexity index is 785. The molecule has 1 aliphatic rings. The Hall–Kier alpha value is -1.15. The largest absolute Gasteiger partial charge is 0.394 e. The third-order valence-electron chi connectivity index (χ3n) is 9.07. The van der Waals surface area contributed by atoms with Gasteiger partial charge in [-0.3, -0.25) is 4.79 Å². The van der Waals surface area contributed by atoms with Crippen LogP contribution in [0.3, 0.4) is 0 Å². The van der Waals surface area contributed by atoms with Crippen LogP contribution >= 0.6 is 0 Å². The molecule has 0 aromatic rings. The van der Waals surface area contributed by atoms with E-state index in [0.717, 1.165) is 44.9 Å². The molecular weight excluding hydrogens is 606 g/mol. The van der Waals surface area contributed by atoms with Crippen LogP contribution in [0.2, 0.25) is 0 Å². The first-order valence-corrected chi connectivity index (χ1v) is 18.6. The van der Waals surface area contributed by atoms with Crippen molar-refractivity contribution in [2.45, 2.75) is 197 Å². The van der Waals surface area contributed by atoms with Crippen molar-refractivity contribution >= 4 is 5.91 Å². The second kappa shape index (κ2) is 27.6. The smallest absolute Gasteiger partial charge is 0.249 e. The summed E-state index contributed by atoms with van der Waals surface area (Å²) in [5, 5.41) is 74.8. The van der Waals surface area contributed by atoms with Crippen LogP contribution in [-0.4, -0.2) is 110 Å². The summed E-state index contributed by atoms with van der Waals surface area (Å²) >= 11 is 0. The van der Waals surface area contributed by atoms with Crippen LogP contribution in [0.15, 0.2) is 12.2 Å². The van der Waals surface area contributed by atoms with Crippen LogP contribution in [0, 0.1) is 0 Å². The average molecular weight is 676 g/mol. The van der Waals surface area contributed by atoms with Gasteiger partial charge in [-0.05, 0) is 38.5 Å². The normalized spacial score (nSPS) is 24.3. The van der Waals surface area contributed by atoms with Gasteiger partial charge >= 0.3 is 0 Å². The minimum atomic E-state index is -1.66. The van der Waals surface area contributed by atoms with E-state index in [4.69, 9.17) is 9.47 Å². The van der Waals surface area contributed by atoms with E-state index in [1.165, 1.54) is 57.8 Å². The Labute approximate surface area is 283 Å². The molecule has 9 unspecified atom stereocenters. The third-order valence-corrected chi connectivity index (χ3v) is 9.07. The first kappa shape index (κ1) is 43.9. The molecule has 47 heavy (non-hydrogen) atoms. The molecule has 8 N–H and O–H groups in total. The second-order valence-electron chi connectivity index (χ2n) is 13.3. The Kier molecular flexibility index (Phi) is 25.8. The van der Waals surface area contributed by atoms with Gasteiger partial charge < -0.3 is 50.5 Å². The highest BCUT2D eigenvalue weighted by molar-refractivity contribution is 5.80. The molecule has 11 nitrogen and oxygen atoms in total. The standard InChI is InChI=1S/C36H69NO10/c1-3-5-7-9-11-13-14-15-16-18-20-22-24-29(40)35(45)37-27(26-46-36-34(44)33(43)32(42)30(25-38)47-36)31(41)28(39)23-21-19-17-12-10-8-6-4-2/h12,17,27-34,36,38-44H,3-11,13-16,18-26H2,1-2H3,(H,37,45)/b17-12+. The number of aliphatic hydroxyl groups is 7. The molecule has 0 aromatic heterocycles. The zero-order valence-electron chi connectivity index (χ0n) is 29.3. The van der Waals surface area contributed by atoms with Gasteiger partial charge in [-0.1, -0.05) is 116 Å². The minimum absolute atomic E-state index is 0.257. The van der Waals surface area contributed by atoms with Gasteiger partial charge in [0.1, 0.15) is 36.6 Å². The number of hydrogen-bond donors (Lipinski definition) is 8. The Morgan fingerprint density at radius 3 is 1.83 bits per heavy atom. The summed E-state index contributed by atoms with van der Waals surface area (Å²) in [7, 11) is 0. The van der Waals surface area contributed by atoms with Gasteiger partial charge in [0.15, 0.2) is 6.29 Å². The van der Waals surface area contributed by atoms with E-state index in [1.54, 1.807) is 0 Å². The van der Waals surface area contributed by atoms with Crippen molar-refractivity contribution < 1.29 is 50.0 Å². The van der Waals surface area contributed by atoms with Gasteiger partial charge in [0.2, 0.25) is 5.91 Å². The van der Waals surface area contributed by atoms with E-state index >= 15 is 0 Å². The lowest BCUT2D eigenvalue weighted by Crippen LogP contribution is -2.60. The Balaban J connectivity index is 2.60. The molecule has 0 radical (unpaired) electrons. The number of unbranched alkanes of at least 4 members (excludes halogenated alkanes) is 15. The van der Waals surface area contributed by atoms with Gasteiger partial charge in [-0.25, -0.2) is 0 Å². The van der Waals surface area contributed by atoms with Crippen molar-refractivity contribution in [3.05, 3.63) is 12.2 Å². The molecule has 0 bridgehead atoms. The SMILES string of the molecule is CCCCC/C=C/CCCC(O)C(O)C(COC1OC(CO)C(O)C(O)C1O)NC(=O)C(O)CCCCCCCCCCCCCC. The molecule has 1 aliphatic heterocycles. The highest BCUT2D eigenvalue weighted by atomic mass is 16.7. The lowest BCUT2D eigenvalue weighted by atomic mass is 9.98. The molecule has 9 atom stereocenters. The lowest BCUT2D eigenvalue weighted by molar-refractivity contribution is -0.303. The Morgan fingerprint density at radius 1 is 0.723 bits per heavy atom. The molecule has 1 saturated heterocycles. The lowest BCUT2D eigenvalue weighted by Gasteiger charge is -2.40. The van der Waals surface area contributed by atoms with Gasteiger partial charge in [-0.15, -0.1) is 0 Å². The summed E-state index contributed by atoms with van der Waals surface area (Å²) in [6.07, 6.45) is 13.0. The number of rotatable bonds is 29. The van der Waals surface area contributed by atoms with Crippen molar-refractivity contribution in [1.29, 1.82) is 0 Å². The number of hydrogen-bond acceptors (Lipinski definition) is 10. The van der Waals surface area contributed by atoms with E-state index in [2.05, 4.69) is 31.3 Å². The molecule has 1 fully saturated rings. The first-order chi connectivity index (χ1) is 22.7. The van der Waals surface area contributed by atoms with Crippen LogP contribution in [0.5, 0.6) is 0 Å². The van der Waals surface area contributed by atoms with Gasteiger partial charge in [0.25, 0.3) is 0 Å². The van der Waals surface area contributed by atoms with Crippen molar-refractivity contribution in [2.75, 3.05) is 13.2 Å². The second-order valence-corrected chi connectivity index (χ2v) is 13.3. The molecular formula is C36H69NO10. The minimum Gasteiger partial charge on any atom is -0.394 e. The van der Waals surface area contributed by atoms with E-state index in [-0.39, 0.29) is 12.8 Å². The highest BCUT2D eigenvalue weighted by Gasteiger charge is 2.44.